The van der Waals surface area contributed by atoms with Crippen LogP contribution in [0.1, 0.15) is 143 Å². The quantitative estimate of drug-likeness (QED) is 0.186. The van der Waals surface area contributed by atoms with Gasteiger partial charge in [0.1, 0.15) is 6.10 Å². The fourth-order valence-corrected chi connectivity index (χ4v) is 9.90. The first-order valence-corrected chi connectivity index (χ1v) is 15.9. The molecule has 5 aliphatic rings. The maximum atomic E-state index is 12.7. The summed E-state index contributed by atoms with van der Waals surface area (Å²) in [6.45, 7) is 7.61. The molecule has 7 atom stereocenters. The zero-order valence-corrected chi connectivity index (χ0v) is 23.3. The molecule has 4 fully saturated rings. The van der Waals surface area contributed by atoms with Crippen molar-refractivity contribution >= 4 is 5.97 Å². The van der Waals surface area contributed by atoms with Gasteiger partial charge >= 0.3 is 5.97 Å². The van der Waals surface area contributed by atoms with E-state index in [1.54, 1.807) is 5.57 Å². The second-order valence-corrected chi connectivity index (χ2v) is 13.9. The van der Waals surface area contributed by atoms with Crippen LogP contribution in [0.4, 0.5) is 0 Å². The minimum atomic E-state index is 0.112. The molecule has 4 unspecified atom stereocenters. The van der Waals surface area contributed by atoms with E-state index in [-0.39, 0.29) is 18.0 Å². The van der Waals surface area contributed by atoms with Gasteiger partial charge in [-0.25, -0.2) is 0 Å². The summed E-state index contributed by atoms with van der Waals surface area (Å²) in [7, 11) is 0. The molecule has 0 N–H and O–H groups in total. The Kier molecular flexibility index (Phi) is 8.05. The number of rotatable bonds is 9. The lowest BCUT2D eigenvalue weighted by molar-refractivity contribution is -0.156. The Balaban J connectivity index is 1.19. The van der Waals surface area contributed by atoms with E-state index in [9.17, 15) is 4.79 Å². The third-order valence-electron chi connectivity index (χ3n) is 12.1. The first-order valence-electron chi connectivity index (χ1n) is 15.9. The van der Waals surface area contributed by atoms with Crippen molar-refractivity contribution in [2.75, 3.05) is 0 Å². The zero-order chi connectivity index (χ0) is 24.5. The van der Waals surface area contributed by atoms with Crippen molar-refractivity contribution in [2.45, 2.75) is 149 Å². The number of carbonyl (C=O) groups excluding carboxylic acids is 1. The molecule has 2 heteroatoms. The fraction of sp³-hybridized carbons (Fsp3) is 0.909. The number of ether oxygens (including phenoxy) is 1. The largest absolute Gasteiger partial charge is 0.462 e. The summed E-state index contributed by atoms with van der Waals surface area (Å²) < 4.78 is 6.09. The van der Waals surface area contributed by atoms with E-state index in [1.165, 1.54) is 96.3 Å². The molecular formula is C33H54O2. The molecule has 0 amide bonds. The van der Waals surface area contributed by atoms with Gasteiger partial charge in [-0.05, 0) is 98.7 Å². The highest BCUT2D eigenvalue weighted by molar-refractivity contribution is 5.73. The molecule has 0 aromatic carbocycles. The number of fused-ring (bicyclic) bond motifs is 5. The molecule has 2 nitrogen and oxygen atoms in total. The van der Waals surface area contributed by atoms with Crippen LogP contribution in [0.25, 0.3) is 0 Å². The van der Waals surface area contributed by atoms with Crippen molar-refractivity contribution < 1.29 is 9.53 Å². The van der Waals surface area contributed by atoms with Gasteiger partial charge in [0.2, 0.25) is 0 Å². The van der Waals surface area contributed by atoms with E-state index >= 15 is 0 Å². The average molecular weight is 483 g/mol. The maximum absolute atomic E-state index is 12.7. The van der Waals surface area contributed by atoms with Crippen LogP contribution < -0.4 is 0 Å². The van der Waals surface area contributed by atoms with Crippen molar-refractivity contribution in [1.29, 1.82) is 0 Å². The summed E-state index contributed by atoms with van der Waals surface area (Å²) in [4.78, 5) is 12.7. The highest BCUT2D eigenvalue weighted by Gasteiger charge is 2.58. The van der Waals surface area contributed by atoms with Gasteiger partial charge < -0.3 is 4.74 Å². The fourth-order valence-electron chi connectivity index (χ4n) is 9.90. The van der Waals surface area contributed by atoms with Crippen LogP contribution >= 0.6 is 0 Å². The second kappa shape index (κ2) is 10.9. The third kappa shape index (κ3) is 5.03. The van der Waals surface area contributed by atoms with Crippen molar-refractivity contribution in [3.8, 4) is 0 Å². The van der Waals surface area contributed by atoms with E-state index in [4.69, 9.17) is 4.74 Å². The molecule has 198 valence electrons. The SMILES string of the molecule is CCCCCCCCC1CCC2C3CC=C4C[C@@H](OC(=O)C5CCCC5)CC[C@]4(C)C3CC[C@]12C. The number of esters is 1. The average Bonchev–Trinajstić information content (AvgIpc) is 3.50. The monoisotopic (exact) mass is 482 g/mol. The number of allylic oxidation sites excluding steroid dienone is 1. The molecular weight excluding hydrogens is 428 g/mol. The minimum Gasteiger partial charge on any atom is -0.462 e. The lowest BCUT2D eigenvalue weighted by atomic mass is 9.47. The van der Waals surface area contributed by atoms with Crippen molar-refractivity contribution in [3.63, 3.8) is 0 Å². The highest BCUT2D eigenvalue weighted by Crippen LogP contribution is 2.66. The van der Waals surface area contributed by atoms with Gasteiger partial charge in [-0.15, -0.1) is 0 Å². The van der Waals surface area contributed by atoms with Gasteiger partial charge in [-0.2, -0.15) is 0 Å². The van der Waals surface area contributed by atoms with Crippen LogP contribution in [-0.2, 0) is 9.53 Å². The van der Waals surface area contributed by atoms with Crippen molar-refractivity contribution in [3.05, 3.63) is 11.6 Å². The molecule has 5 aliphatic carbocycles. The highest BCUT2D eigenvalue weighted by atomic mass is 16.5. The Morgan fingerprint density at radius 3 is 2.49 bits per heavy atom. The van der Waals surface area contributed by atoms with Crippen LogP contribution in [0.2, 0.25) is 0 Å². The summed E-state index contributed by atoms with van der Waals surface area (Å²) in [6, 6.07) is 0. The Morgan fingerprint density at radius 2 is 1.69 bits per heavy atom. The lowest BCUT2D eigenvalue weighted by Gasteiger charge is -2.58. The topological polar surface area (TPSA) is 26.3 Å². The molecule has 0 heterocycles. The molecule has 0 bridgehead atoms. The van der Waals surface area contributed by atoms with E-state index in [0.717, 1.165) is 49.4 Å². The standard InChI is InChI=1S/C33H54O2/c1-4-5-6-7-8-9-14-25-16-18-29-28-17-15-26-23-27(35-31(34)24-12-10-11-13-24)19-21-33(26,3)30(28)20-22-32(25,29)2/h15,24-25,27-30H,4-14,16-23H2,1-3H3/t25?,27-,28?,29?,30?,32+,33-/m0/s1. The first kappa shape index (κ1) is 25.8. The van der Waals surface area contributed by atoms with Crippen molar-refractivity contribution in [1.82, 2.24) is 0 Å². The molecule has 0 aromatic rings. The summed E-state index contributed by atoms with van der Waals surface area (Å²) in [5.41, 5.74) is 2.61. The van der Waals surface area contributed by atoms with Crippen LogP contribution in [0, 0.1) is 40.4 Å². The third-order valence-corrected chi connectivity index (χ3v) is 12.1. The molecule has 0 spiro atoms. The van der Waals surface area contributed by atoms with E-state index in [2.05, 4.69) is 26.8 Å². The van der Waals surface area contributed by atoms with Gasteiger partial charge in [-0.3, -0.25) is 4.79 Å². The zero-order valence-electron chi connectivity index (χ0n) is 23.3. The van der Waals surface area contributed by atoms with E-state index < -0.39 is 0 Å². The van der Waals surface area contributed by atoms with Crippen LogP contribution in [0.15, 0.2) is 11.6 Å². The Labute approximate surface area is 216 Å². The molecule has 0 aliphatic heterocycles. The molecule has 0 saturated heterocycles. The number of hydrogen-bond acceptors (Lipinski definition) is 2. The van der Waals surface area contributed by atoms with Gasteiger partial charge in [0.25, 0.3) is 0 Å². The molecule has 35 heavy (non-hydrogen) atoms. The van der Waals surface area contributed by atoms with Gasteiger partial charge in [-0.1, -0.05) is 83.8 Å². The van der Waals surface area contributed by atoms with Gasteiger partial charge in [0.05, 0.1) is 5.92 Å². The molecule has 4 saturated carbocycles. The van der Waals surface area contributed by atoms with Gasteiger partial charge in [0, 0.05) is 6.42 Å². The molecule has 0 radical (unpaired) electrons. The summed E-state index contributed by atoms with van der Waals surface area (Å²) in [5, 5.41) is 0. The number of hydrogen-bond donors (Lipinski definition) is 0. The normalized spacial score (nSPS) is 41.1. The predicted octanol–water partition coefficient (Wildman–Crippen LogP) is 9.42. The molecule has 5 rings (SSSR count). The molecule has 0 aromatic heterocycles. The summed E-state index contributed by atoms with van der Waals surface area (Å²) in [6.07, 6.45) is 27.9. The Bertz CT molecular complexity index is 763. The van der Waals surface area contributed by atoms with E-state index in [1.807, 2.05) is 0 Å². The number of carbonyl (C=O) groups is 1. The Morgan fingerprint density at radius 1 is 0.914 bits per heavy atom. The predicted molar refractivity (Wildman–Crippen MR) is 145 cm³/mol. The first-order chi connectivity index (χ1) is 17.0. The smallest absolute Gasteiger partial charge is 0.309 e. The second-order valence-electron chi connectivity index (χ2n) is 13.9. The maximum Gasteiger partial charge on any atom is 0.309 e. The summed E-state index contributed by atoms with van der Waals surface area (Å²) >= 11 is 0. The van der Waals surface area contributed by atoms with Crippen LogP contribution in [-0.4, -0.2) is 12.1 Å². The minimum absolute atomic E-state index is 0.112. The van der Waals surface area contributed by atoms with Crippen LogP contribution in [0.5, 0.6) is 0 Å². The lowest BCUT2D eigenvalue weighted by Crippen LogP contribution is -2.50. The van der Waals surface area contributed by atoms with Gasteiger partial charge in [0.15, 0.2) is 0 Å². The number of unbranched alkanes of at least 4 members (excludes halogenated alkanes) is 5. The summed E-state index contributed by atoms with van der Waals surface area (Å²) in [5.74, 6) is 3.98. The Hall–Kier alpha value is -0.790. The van der Waals surface area contributed by atoms with E-state index in [0.29, 0.717) is 10.8 Å². The van der Waals surface area contributed by atoms with Crippen LogP contribution in [0.3, 0.4) is 0 Å². The van der Waals surface area contributed by atoms with Crippen molar-refractivity contribution in [2.24, 2.45) is 40.4 Å².